The summed E-state index contributed by atoms with van der Waals surface area (Å²) in [5.74, 6) is -0.585. The molecule has 5 heteroatoms. The highest BCUT2D eigenvalue weighted by Gasteiger charge is 2.10. The summed E-state index contributed by atoms with van der Waals surface area (Å²) in [6.45, 7) is 0.408. The fourth-order valence-electron chi connectivity index (χ4n) is 1.97. The Kier molecular flexibility index (Phi) is 5.11. The highest BCUT2D eigenvalue weighted by Crippen LogP contribution is 2.26. The molecule has 0 amide bonds. The van der Waals surface area contributed by atoms with Gasteiger partial charge in [0.2, 0.25) is 0 Å². The maximum absolute atomic E-state index is 13.6. The lowest BCUT2D eigenvalue weighted by atomic mass is 10.1. The average molecular weight is 293 g/mol. The number of hydrogen-bond acceptors (Lipinski definition) is 3. The maximum atomic E-state index is 13.6. The molecule has 0 heterocycles. The molecule has 0 saturated heterocycles. The first-order valence-corrected chi connectivity index (χ1v) is 6.58. The van der Waals surface area contributed by atoms with Gasteiger partial charge in [-0.3, -0.25) is 0 Å². The summed E-state index contributed by atoms with van der Waals surface area (Å²) < 4.78 is 37.5. The number of methoxy groups -OCH3 is 1. The summed E-state index contributed by atoms with van der Waals surface area (Å²) >= 11 is 0. The summed E-state index contributed by atoms with van der Waals surface area (Å²) in [4.78, 5) is 0. The fraction of sp³-hybridized carbons (Fsp3) is 0.250. The minimum Gasteiger partial charge on any atom is -0.497 e. The van der Waals surface area contributed by atoms with Crippen molar-refractivity contribution in [3.63, 3.8) is 0 Å². The van der Waals surface area contributed by atoms with E-state index in [9.17, 15) is 8.78 Å². The second-order valence-electron chi connectivity index (χ2n) is 4.51. The van der Waals surface area contributed by atoms with Gasteiger partial charge in [-0.2, -0.15) is 0 Å². The van der Waals surface area contributed by atoms with Gasteiger partial charge < -0.3 is 15.2 Å². The van der Waals surface area contributed by atoms with E-state index >= 15 is 0 Å². The molecule has 2 N–H and O–H groups in total. The largest absolute Gasteiger partial charge is 0.497 e. The number of ether oxygens (including phenoxy) is 2. The van der Waals surface area contributed by atoms with Gasteiger partial charge in [0.15, 0.2) is 11.6 Å². The van der Waals surface area contributed by atoms with E-state index in [-0.39, 0.29) is 12.2 Å². The van der Waals surface area contributed by atoms with Gasteiger partial charge in [-0.25, -0.2) is 8.78 Å². The van der Waals surface area contributed by atoms with Gasteiger partial charge in [0.1, 0.15) is 18.1 Å². The van der Waals surface area contributed by atoms with Crippen LogP contribution >= 0.6 is 0 Å². The predicted molar refractivity (Wildman–Crippen MR) is 76.4 cm³/mol. The molecule has 0 aliphatic carbocycles. The lowest BCUT2D eigenvalue weighted by molar-refractivity contribution is 0.292. The van der Waals surface area contributed by atoms with Crippen LogP contribution in [0, 0.1) is 11.6 Å². The molecule has 0 fully saturated rings. The van der Waals surface area contributed by atoms with Crippen LogP contribution in [0.15, 0.2) is 36.4 Å². The molecule has 3 nitrogen and oxygen atoms in total. The van der Waals surface area contributed by atoms with Crippen LogP contribution in [0.3, 0.4) is 0 Å². The summed E-state index contributed by atoms with van der Waals surface area (Å²) in [6, 6.07) is 9.38. The molecular formula is C16H17F2NO2. The number of halogens is 2. The first-order valence-electron chi connectivity index (χ1n) is 6.58. The van der Waals surface area contributed by atoms with Crippen molar-refractivity contribution < 1.29 is 18.3 Å². The molecule has 0 unspecified atom stereocenters. The predicted octanol–water partition coefficient (Wildman–Crippen LogP) is 3.05. The van der Waals surface area contributed by atoms with Crippen molar-refractivity contribution in [1.82, 2.24) is 0 Å². The maximum Gasteiger partial charge on any atom is 0.165 e. The zero-order valence-electron chi connectivity index (χ0n) is 11.7. The van der Waals surface area contributed by atoms with Crippen LogP contribution in [-0.2, 0) is 13.0 Å². The van der Waals surface area contributed by atoms with Crippen molar-refractivity contribution in [2.45, 2.75) is 13.0 Å². The Hall–Kier alpha value is -2.14. The minimum absolute atomic E-state index is 0.0612. The third-order valence-corrected chi connectivity index (χ3v) is 3.10. The third-order valence-electron chi connectivity index (χ3n) is 3.10. The molecule has 21 heavy (non-hydrogen) atoms. The Bertz CT molecular complexity index is 617. The molecular weight excluding hydrogens is 276 g/mol. The molecule has 2 rings (SSSR count). The van der Waals surface area contributed by atoms with E-state index in [1.807, 2.05) is 6.07 Å². The van der Waals surface area contributed by atoms with Gasteiger partial charge in [-0.05, 0) is 30.7 Å². The van der Waals surface area contributed by atoms with E-state index in [4.69, 9.17) is 15.2 Å². The first-order chi connectivity index (χ1) is 10.2. The monoisotopic (exact) mass is 293 g/mol. The van der Waals surface area contributed by atoms with Crippen molar-refractivity contribution >= 4 is 0 Å². The number of nitrogens with two attached hydrogens (primary N) is 1. The Morgan fingerprint density at radius 3 is 2.62 bits per heavy atom. The van der Waals surface area contributed by atoms with Gasteiger partial charge in [-0.1, -0.05) is 18.2 Å². The van der Waals surface area contributed by atoms with Gasteiger partial charge in [0, 0.05) is 11.6 Å². The zero-order valence-corrected chi connectivity index (χ0v) is 11.7. The normalized spacial score (nSPS) is 10.5. The van der Waals surface area contributed by atoms with Crippen LogP contribution in [0.2, 0.25) is 0 Å². The van der Waals surface area contributed by atoms with Crippen LogP contribution in [0.1, 0.15) is 11.1 Å². The van der Waals surface area contributed by atoms with Crippen LogP contribution in [0.25, 0.3) is 0 Å². The number of hydrogen-bond donors (Lipinski definition) is 1. The van der Waals surface area contributed by atoms with Crippen LogP contribution in [0.4, 0.5) is 8.78 Å². The second kappa shape index (κ2) is 7.04. The minimum atomic E-state index is -0.888. The average Bonchev–Trinajstić information content (AvgIpc) is 2.50. The van der Waals surface area contributed by atoms with E-state index in [1.54, 1.807) is 19.2 Å². The fourth-order valence-corrected chi connectivity index (χ4v) is 1.97. The summed E-state index contributed by atoms with van der Waals surface area (Å²) in [6.07, 6.45) is 0.630. The SMILES string of the molecule is COc1ccc(CCN)c(OCc2cccc(F)c2F)c1. The molecule has 0 bridgehead atoms. The molecule has 2 aromatic carbocycles. The van der Waals surface area contributed by atoms with Gasteiger partial charge >= 0.3 is 0 Å². The molecule has 112 valence electrons. The quantitative estimate of drug-likeness (QED) is 0.890. The number of benzene rings is 2. The topological polar surface area (TPSA) is 44.5 Å². The van der Waals surface area contributed by atoms with Crippen molar-refractivity contribution in [2.24, 2.45) is 5.73 Å². The van der Waals surface area contributed by atoms with E-state index in [0.29, 0.717) is 24.5 Å². The highest BCUT2D eigenvalue weighted by molar-refractivity contribution is 5.41. The molecule has 0 spiro atoms. The van der Waals surface area contributed by atoms with Crippen molar-refractivity contribution in [1.29, 1.82) is 0 Å². The molecule has 0 aliphatic heterocycles. The van der Waals surface area contributed by atoms with Gasteiger partial charge in [-0.15, -0.1) is 0 Å². The Balaban J connectivity index is 2.20. The Labute approximate surface area is 122 Å². The van der Waals surface area contributed by atoms with Gasteiger partial charge in [0.05, 0.1) is 7.11 Å². The summed E-state index contributed by atoms with van der Waals surface area (Å²) in [5.41, 5.74) is 6.62. The molecule has 0 aliphatic rings. The van der Waals surface area contributed by atoms with E-state index < -0.39 is 11.6 Å². The van der Waals surface area contributed by atoms with E-state index in [0.717, 1.165) is 11.6 Å². The van der Waals surface area contributed by atoms with Crippen LogP contribution < -0.4 is 15.2 Å². The van der Waals surface area contributed by atoms with Crippen molar-refractivity contribution in [3.8, 4) is 11.5 Å². The highest BCUT2D eigenvalue weighted by atomic mass is 19.2. The lowest BCUT2D eigenvalue weighted by Gasteiger charge is -2.13. The van der Waals surface area contributed by atoms with Crippen molar-refractivity contribution in [3.05, 3.63) is 59.2 Å². The standard InChI is InChI=1S/C16H17F2NO2/c1-20-13-6-5-11(7-8-19)15(9-13)21-10-12-3-2-4-14(17)16(12)18/h2-6,9H,7-8,10,19H2,1H3. The lowest BCUT2D eigenvalue weighted by Crippen LogP contribution is -2.06. The smallest absolute Gasteiger partial charge is 0.165 e. The molecule has 0 atom stereocenters. The summed E-state index contributed by atoms with van der Waals surface area (Å²) in [5, 5.41) is 0. The molecule has 0 aromatic heterocycles. The molecule has 0 radical (unpaired) electrons. The van der Waals surface area contributed by atoms with Crippen LogP contribution in [0.5, 0.6) is 11.5 Å². The molecule has 0 saturated carbocycles. The third kappa shape index (κ3) is 3.70. The first kappa shape index (κ1) is 15.3. The van der Waals surface area contributed by atoms with Crippen LogP contribution in [-0.4, -0.2) is 13.7 Å². The van der Waals surface area contributed by atoms with E-state index in [1.165, 1.54) is 12.1 Å². The number of rotatable bonds is 6. The second-order valence-corrected chi connectivity index (χ2v) is 4.51. The van der Waals surface area contributed by atoms with E-state index in [2.05, 4.69) is 0 Å². The Morgan fingerprint density at radius 2 is 1.90 bits per heavy atom. The summed E-state index contributed by atoms with van der Waals surface area (Å²) in [7, 11) is 1.55. The van der Waals surface area contributed by atoms with Gasteiger partial charge in [0.25, 0.3) is 0 Å². The Morgan fingerprint density at radius 1 is 1.10 bits per heavy atom. The zero-order chi connectivity index (χ0) is 15.2. The molecule has 2 aromatic rings. The van der Waals surface area contributed by atoms with Crippen molar-refractivity contribution in [2.75, 3.05) is 13.7 Å².